The second kappa shape index (κ2) is 5.82. The highest BCUT2D eigenvalue weighted by Crippen LogP contribution is 2.19. The van der Waals surface area contributed by atoms with Crippen molar-refractivity contribution in [3.05, 3.63) is 21.9 Å². The maximum atomic E-state index is 12.1. The number of hydrogen-bond donors (Lipinski definition) is 1. The van der Waals surface area contributed by atoms with Gasteiger partial charge in [0.15, 0.2) is 0 Å². The van der Waals surface area contributed by atoms with E-state index >= 15 is 0 Å². The average molecular weight is 255 g/mol. The lowest BCUT2D eigenvalue weighted by Crippen LogP contribution is -2.40. The largest absolute Gasteiger partial charge is 0.480 e. The van der Waals surface area contributed by atoms with Gasteiger partial charge in [-0.1, -0.05) is 6.92 Å². The Labute approximate surface area is 105 Å². The van der Waals surface area contributed by atoms with Crippen LogP contribution >= 0.6 is 11.3 Å². The van der Waals surface area contributed by atoms with Gasteiger partial charge in [-0.15, -0.1) is 11.3 Å². The molecule has 0 radical (unpaired) electrons. The molecule has 1 N–H and O–H groups in total. The van der Waals surface area contributed by atoms with Crippen LogP contribution in [0.1, 0.15) is 35.3 Å². The molecular weight excluding hydrogens is 238 g/mol. The molecular formula is C12H17NO3S. The summed E-state index contributed by atoms with van der Waals surface area (Å²) in [5.74, 6) is -1.19. The number of hydrogen-bond acceptors (Lipinski definition) is 3. The van der Waals surface area contributed by atoms with E-state index in [4.69, 9.17) is 5.11 Å². The SMILES string of the molecule is CCc1ccc(C(=O)N(CC(=O)O)C(C)C)s1. The number of rotatable bonds is 5. The molecule has 1 heterocycles. The van der Waals surface area contributed by atoms with Crippen molar-refractivity contribution in [1.82, 2.24) is 4.90 Å². The van der Waals surface area contributed by atoms with Gasteiger partial charge in [-0.2, -0.15) is 0 Å². The summed E-state index contributed by atoms with van der Waals surface area (Å²) in [4.78, 5) is 26.0. The minimum atomic E-state index is -0.987. The first-order valence-electron chi connectivity index (χ1n) is 5.57. The van der Waals surface area contributed by atoms with E-state index in [0.29, 0.717) is 4.88 Å². The van der Waals surface area contributed by atoms with Gasteiger partial charge in [0, 0.05) is 10.9 Å². The van der Waals surface area contributed by atoms with E-state index in [-0.39, 0.29) is 18.5 Å². The van der Waals surface area contributed by atoms with Crippen LogP contribution in [0, 0.1) is 0 Å². The standard InChI is InChI=1S/C12H17NO3S/c1-4-9-5-6-10(17-9)12(16)13(8(2)3)7-11(14)15/h5-6,8H,4,7H2,1-3H3,(H,14,15). The highest BCUT2D eigenvalue weighted by molar-refractivity contribution is 7.14. The fourth-order valence-corrected chi connectivity index (χ4v) is 2.36. The van der Waals surface area contributed by atoms with E-state index in [1.165, 1.54) is 16.2 Å². The van der Waals surface area contributed by atoms with Crippen molar-refractivity contribution < 1.29 is 14.7 Å². The van der Waals surface area contributed by atoms with Crippen molar-refractivity contribution in [3.63, 3.8) is 0 Å². The normalized spacial score (nSPS) is 10.6. The van der Waals surface area contributed by atoms with Gasteiger partial charge < -0.3 is 10.0 Å². The van der Waals surface area contributed by atoms with E-state index in [1.807, 2.05) is 26.8 Å². The number of carbonyl (C=O) groups excluding carboxylic acids is 1. The monoisotopic (exact) mass is 255 g/mol. The summed E-state index contributed by atoms with van der Waals surface area (Å²) in [7, 11) is 0. The summed E-state index contributed by atoms with van der Waals surface area (Å²) in [6.45, 7) is 5.40. The Hall–Kier alpha value is -1.36. The van der Waals surface area contributed by atoms with Crippen LogP contribution in [0.4, 0.5) is 0 Å². The predicted octanol–water partition coefficient (Wildman–Crippen LogP) is 2.25. The number of carbonyl (C=O) groups is 2. The molecule has 17 heavy (non-hydrogen) atoms. The lowest BCUT2D eigenvalue weighted by molar-refractivity contribution is -0.138. The Kier molecular flexibility index (Phi) is 4.69. The van der Waals surface area contributed by atoms with Crippen molar-refractivity contribution >= 4 is 23.2 Å². The zero-order valence-corrected chi connectivity index (χ0v) is 11.1. The number of aryl methyl sites for hydroxylation is 1. The smallest absolute Gasteiger partial charge is 0.323 e. The molecule has 1 amide bonds. The van der Waals surface area contributed by atoms with Crippen molar-refractivity contribution in [2.24, 2.45) is 0 Å². The Morgan fingerprint density at radius 3 is 2.47 bits per heavy atom. The lowest BCUT2D eigenvalue weighted by atomic mass is 10.3. The van der Waals surface area contributed by atoms with Crippen molar-refractivity contribution in [3.8, 4) is 0 Å². The van der Waals surface area contributed by atoms with Crippen molar-refractivity contribution in [1.29, 1.82) is 0 Å². The molecule has 94 valence electrons. The van der Waals surface area contributed by atoms with Crippen LogP contribution in [0.15, 0.2) is 12.1 Å². The number of thiophene rings is 1. The van der Waals surface area contributed by atoms with Gasteiger partial charge in [0.1, 0.15) is 6.54 Å². The second-order valence-electron chi connectivity index (χ2n) is 4.04. The summed E-state index contributed by atoms with van der Waals surface area (Å²) >= 11 is 1.43. The molecule has 1 rings (SSSR count). The summed E-state index contributed by atoms with van der Waals surface area (Å²) < 4.78 is 0. The fourth-order valence-electron chi connectivity index (χ4n) is 1.46. The second-order valence-corrected chi connectivity index (χ2v) is 5.21. The van der Waals surface area contributed by atoms with Gasteiger partial charge in [-0.25, -0.2) is 0 Å². The molecule has 0 unspecified atom stereocenters. The van der Waals surface area contributed by atoms with Gasteiger partial charge >= 0.3 is 5.97 Å². The van der Waals surface area contributed by atoms with Crippen LogP contribution in [-0.4, -0.2) is 34.5 Å². The van der Waals surface area contributed by atoms with Crippen LogP contribution in [-0.2, 0) is 11.2 Å². The van der Waals surface area contributed by atoms with Crippen LogP contribution in [0.3, 0.4) is 0 Å². The lowest BCUT2D eigenvalue weighted by Gasteiger charge is -2.24. The van der Waals surface area contributed by atoms with Gasteiger partial charge in [0.05, 0.1) is 4.88 Å². The van der Waals surface area contributed by atoms with E-state index in [9.17, 15) is 9.59 Å². The number of aliphatic carboxylic acids is 1. The summed E-state index contributed by atoms with van der Waals surface area (Å²) in [5, 5.41) is 8.79. The number of carboxylic acids is 1. The van der Waals surface area contributed by atoms with Crippen molar-refractivity contribution in [2.45, 2.75) is 33.2 Å². The molecule has 0 saturated heterocycles. The zero-order valence-electron chi connectivity index (χ0n) is 10.3. The minimum Gasteiger partial charge on any atom is -0.480 e. The first-order valence-corrected chi connectivity index (χ1v) is 6.38. The molecule has 1 aromatic rings. The maximum Gasteiger partial charge on any atom is 0.323 e. The quantitative estimate of drug-likeness (QED) is 0.878. The molecule has 0 atom stereocenters. The third-order valence-corrected chi connectivity index (χ3v) is 3.63. The van der Waals surface area contributed by atoms with E-state index in [2.05, 4.69) is 0 Å². The van der Waals surface area contributed by atoms with Gasteiger partial charge in [0.25, 0.3) is 5.91 Å². The average Bonchev–Trinajstić information content (AvgIpc) is 2.72. The predicted molar refractivity (Wildman–Crippen MR) is 67.5 cm³/mol. The third kappa shape index (κ3) is 3.56. The Bertz CT molecular complexity index is 412. The first kappa shape index (κ1) is 13.7. The molecule has 1 aromatic heterocycles. The highest BCUT2D eigenvalue weighted by Gasteiger charge is 2.22. The van der Waals surface area contributed by atoms with Crippen LogP contribution < -0.4 is 0 Å². The molecule has 0 aromatic carbocycles. The molecule has 0 bridgehead atoms. The molecule has 0 aliphatic carbocycles. The molecule has 0 aliphatic rings. The molecule has 4 nitrogen and oxygen atoms in total. The van der Waals surface area contributed by atoms with Crippen LogP contribution in [0.5, 0.6) is 0 Å². The number of amides is 1. The molecule has 0 spiro atoms. The van der Waals surface area contributed by atoms with Crippen LogP contribution in [0.25, 0.3) is 0 Å². The van der Waals surface area contributed by atoms with E-state index in [0.717, 1.165) is 11.3 Å². The zero-order chi connectivity index (χ0) is 13.0. The molecule has 0 fully saturated rings. The van der Waals surface area contributed by atoms with Crippen LogP contribution in [0.2, 0.25) is 0 Å². The first-order chi connectivity index (χ1) is 7.95. The highest BCUT2D eigenvalue weighted by atomic mass is 32.1. The van der Waals surface area contributed by atoms with Gasteiger partial charge in [-0.05, 0) is 32.4 Å². The molecule has 0 aliphatic heterocycles. The van der Waals surface area contributed by atoms with Gasteiger partial charge in [0.2, 0.25) is 0 Å². The molecule has 5 heteroatoms. The summed E-state index contributed by atoms with van der Waals surface area (Å²) in [5.41, 5.74) is 0. The topological polar surface area (TPSA) is 57.6 Å². The summed E-state index contributed by atoms with van der Waals surface area (Å²) in [6, 6.07) is 3.56. The number of nitrogens with zero attached hydrogens (tertiary/aromatic N) is 1. The van der Waals surface area contributed by atoms with E-state index < -0.39 is 5.97 Å². The van der Waals surface area contributed by atoms with Crippen molar-refractivity contribution in [2.75, 3.05) is 6.54 Å². The maximum absolute atomic E-state index is 12.1. The fraction of sp³-hybridized carbons (Fsp3) is 0.500. The molecule has 0 saturated carbocycles. The Morgan fingerprint density at radius 2 is 2.06 bits per heavy atom. The van der Waals surface area contributed by atoms with Gasteiger partial charge in [-0.3, -0.25) is 9.59 Å². The summed E-state index contributed by atoms with van der Waals surface area (Å²) in [6.07, 6.45) is 0.887. The Morgan fingerprint density at radius 1 is 1.41 bits per heavy atom. The Balaban J connectivity index is 2.87. The minimum absolute atomic E-state index is 0.120. The van der Waals surface area contributed by atoms with E-state index in [1.54, 1.807) is 6.07 Å². The number of carboxylic acid groups (broad SMARTS) is 1. The third-order valence-electron chi connectivity index (χ3n) is 2.41.